The number of halogens is 2. The Hall–Kier alpha value is -2.43. The number of fused-ring (bicyclic) bond motifs is 1. The Kier molecular flexibility index (Phi) is 5.10. The molecule has 0 aliphatic rings. The first-order valence-electron chi connectivity index (χ1n) is 8.71. The number of hydrogen-bond donors (Lipinski definition) is 1. The maximum atomic E-state index is 6.20. The Balaban J connectivity index is 1.85. The molecule has 1 aromatic heterocycles. The second kappa shape index (κ2) is 7.67. The molecule has 3 nitrogen and oxygen atoms in total. The molecule has 0 bridgehead atoms. The summed E-state index contributed by atoms with van der Waals surface area (Å²) in [5.41, 5.74) is 4.04. The number of aromatic nitrogens is 2. The van der Waals surface area contributed by atoms with Crippen LogP contribution in [0.3, 0.4) is 0 Å². The van der Waals surface area contributed by atoms with Gasteiger partial charge in [-0.3, -0.25) is 0 Å². The molecule has 1 heterocycles. The quantitative estimate of drug-likeness (QED) is 0.372. The highest BCUT2D eigenvalue weighted by atomic mass is 79.9. The van der Waals surface area contributed by atoms with Gasteiger partial charge < -0.3 is 5.32 Å². The van der Waals surface area contributed by atoms with Gasteiger partial charge in [-0.2, -0.15) is 0 Å². The number of benzene rings is 3. The third kappa shape index (κ3) is 3.97. The minimum Gasteiger partial charge on any atom is -0.340 e. The molecule has 4 aromatic rings. The second-order valence-corrected chi connectivity index (χ2v) is 7.60. The number of nitrogens with one attached hydrogen (secondary N) is 1. The molecule has 0 fully saturated rings. The third-order valence-corrected chi connectivity index (χ3v) is 5.12. The monoisotopic (exact) mass is 437 g/mol. The highest BCUT2D eigenvalue weighted by Gasteiger charge is 2.11. The summed E-state index contributed by atoms with van der Waals surface area (Å²) in [6.45, 7) is 2.15. The Labute approximate surface area is 171 Å². The molecular weight excluding hydrogens is 422 g/mol. The fourth-order valence-corrected chi connectivity index (χ4v) is 3.36. The van der Waals surface area contributed by atoms with E-state index >= 15 is 0 Å². The van der Waals surface area contributed by atoms with Crippen molar-refractivity contribution in [3.63, 3.8) is 0 Å². The normalized spacial score (nSPS) is 10.9. The van der Waals surface area contributed by atoms with Gasteiger partial charge in [0, 0.05) is 26.1 Å². The van der Waals surface area contributed by atoms with Gasteiger partial charge in [-0.1, -0.05) is 58.7 Å². The molecule has 27 heavy (non-hydrogen) atoms. The molecule has 0 spiro atoms. The van der Waals surface area contributed by atoms with E-state index in [0.717, 1.165) is 38.9 Å². The van der Waals surface area contributed by atoms with Crippen LogP contribution in [0.2, 0.25) is 5.02 Å². The topological polar surface area (TPSA) is 37.8 Å². The predicted octanol–water partition coefficient (Wildman–Crippen LogP) is 7.02. The van der Waals surface area contributed by atoms with Crippen molar-refractivity contribution in [2.75, 3.05) is 5.32 Å². The molecule has 0 atom stereocenters. The summed E-state index contributed by atoms with van der Waals surface area (Å²) in [5.74, 6) is 1.43. The van der Waals surface area contributed by atoms with E-state index in [-0.39, 0.29) is 0 Å². The zero-order chi connectivity index (χ0) is 18.8. The van der Waals surface area contributed by atoms with Gasteiger partial charge >= 0.3 is 0 Å². The minimum absolute atomic E-state index is 0.655. The van der Waals surface area contributed by atoms with Crippen LogP contribution in [0.5, 0.6) is 0 Å². The molecule has 0 amide bonds. The van der Waals surface area contributed by atoms with Crippen molar-refractivity contribution in [2.45, 2.75) is 13.3 Å². The largest absolute Gasteiger partial charge is 0.340 e. The molecular formula is C22H17BrClN3. The van der Waals surface area contributed by atoms with Crippen molar-refractivity contribution in [2.24, 2.45) is 0 Å². The number of aryl methyl sites for hydroxylation is 1. The van der Waals surface area contributed by atoms with Crippen LogP contribution in [0.25, 0.3) is 22.3 Å². The van der Waals surface area contributed by atoms with Gasteiger partial charge in [0.1, 0.15) is 5.82 Å². The molecule has 0 radical (unpaired) electrons. The van der Waals surface area contributed by atoms with Crippen LogP contribution in [-0.2, 0) is 6.42 Å². The average molecular weight is 439 g/mol. The Bertz CT molecular complexity index is 1110. The van der Waals surface area contributed by atoms with Gasteiger partial charge in [0.05, 0.1) is 5.52 Å². The van der Waals surface area contributed by atoms with E-state index in [1.54, 1.807) is 0 Å². The Morgan fingerprint density at radius 3 is 2.56 bits per heavy atom. The van der Waals surface area contributed by atoms with Gasteiger partial charge in [-0.25, -0.2) is 9.97 Å². The molecule has 1 N–H and O–H groups in total. The van der Waals surface area contributed by atoms with Gasteiger partial charge in [0.15, 0.2) is 5.82 Å². The van der Waals surface area contributed by atoms with Crippen LogP contribution in [0.15, 0.2) is 71.2 Å². The van der Waals surface area contributed by atoms with Crippen molar-refractivity contribution in [3.8, 4) is 11.4 Å². The second-order valence-electron chi connectivity index (χ2n) is 6.24. The van der Waals surface area contributed by atoms with E-state index in [9.17, 15) is 0 Å². The van der Waals surface area contributed by atoms with Gasteiger partial charge in [-0.15, -0.1) is 0 Å². The lowest BCUT2D eigenvalue weighted by molar-refractivity contribution is 1.14. The molecule has 0 aliphatic carbocycles. The standard InChI is InChI=1S/C22H17BrClN3/c1-2-14-4-3-5-18(12-14)25-22-19-11-10-17(24)13-20(19)26-21(27-22)15-6-8-16(23)9-7-15/h3-13H,2H2,1H3,(H,25,26,27). The van der Waals surface area contributed by atoms with Crippen molar-refractivity contribution < 1.29 is 0 Å². The van der Waals surface area contributed by atoms with Gasteiger partial charge in [0.25, 0.3) is 0 Å². The summed E-state index contributed by atoms with van der Waals surface area (Å²) in [5, 5.41) is 5.05. The molecule has 3 aromatic carbocycles. The fourth-order valence-electron chi connectivity index (χ4n) is 2.93. The molecule has 0 saturated carbocycles. The summed E-state index contributed by atoms with van der Waals surface area (Å²) in [6, 6.07) is 22.0. The zero-order valence-electron chi connectivity index (χ0n) is 14.7. The lowest BCUT2D eigenvalue weighted by Crippen LogP contribution is -2.00. The summed E-state index contributed by atoms with van der Waals surface area (Å²) in [7, 11) is 0. The first-order chi connectivity index (χ1) is 13.1. The average Bonchev–Trinajstić information content (AvgIpc) is 2.68. The molecule has 134 valence electrons. The van der Waals surface area contributed by atoms with Gasteiger partial charge in [-0.05, 0) is 54.4 Å². The predicted molar refractivity (Wildman–Crippen MR) is 117 cm³/mol. The molecule has 0 aliphatic heterocycles. The van der Waals surface area contributed by atoms with Crippen LogP contribution in [0.1, 0.15) is 12.5 Å². The van der Waals surface area contributed by atoms with Crippen LogP contribution < -0.4 is 5.32 Å². The van der Waals surface area contributed by atoms with E-state index in [1.165, 1.54) is 5.56 Å². The molecule has 5 heteroatoms. The lowest BCUT2D eigenvalue weighted by atomic mass is 10.1. The van der Waals surface area contributed by atoms with E-state index in [2.05, 4.69) is 46.4 Å². The SMILES string of the molecule is CCc1cccc(Nc2nc(-c3ccc(Br)cc3)nc3cc(Cl)ccc23)c1. The third-order valence-electron chi connectivity index (χ3n) is 4.36. The summed E-state index contributed by atoms with van der Waals surface area (Å²) in [6.07, 6.45) is 0.986. The van der Waals surface area contributed by atoms with Crippen LogP contribution >= 0.6 is 27.5 Å². The van der Waals surface area contributed by atoms with Crippen molar-refractivity contribution in [3.05, 3.63) is 81.8 Å². The highest BCUT2D eigenvalue weighted by molar-refractivity contribution is 9.10. The van der Waals surface area contributed by atoms with Crippen molar-refractivity contribution >= 4 is 49.9 Å². The van der Waals surface area contributed by atoms with E-state index in [4.69, 9.17) is 21.6 Å². The van der Waals surface area contributed by atoms with Crippen molar-refractivity contribution in [1.82, 2.24) is 9.97 Å². The maximum absolute atomic E-state index is 6.20. The summed E-state index contributed by atoms with van der Waals surface area (Å²) < 4.78 is 1.02. The minimum atomic E-state index is 0.655. The molecule has 0 unspecified atom stereocenters. The zero-order valence-corrected chi connectivity index (χ0v) is 17.1. The number of hydrogen-bond acceptors (Lipinski definition) is 3. The van der Waals surface area contributed by atoms with Crippen molar-refractivity contribution in [1.29, 1.82) is 0 Å². The van der Waals surface area contributed by atoms with E-state index in [1.807, 2.05) is 48.5 Å². The lowest BCUT2D eigenvalue weighted by Gasteiger charge is -2.12. The number of nitrogens with zero attached hydrogens (tertiary/aromatic N) is 2. The van der Waals surface area contributed by atoms with E-state index < -0.39 is 0 Å². The highest BCUT2D eigenvalue weighted by Crippen LogP contribution is 2.29. The Morgan fingerprint density at radius 1 is 0.963 bits per heavy atom. The van der Waals surface area contributed by atoms with Gasteiger partial charge in [0.2, 0.25) is 0 Å². The fraction of sp³-hybridized carbons (Fsp3) is 0.0909. The van der Waals surface area contributed by atoms with Crippen LogP contribution in [0.4, 0.5) is 11.5 Å². The Morgan fingerprint density at radius 2 is 1.78 bits per heavy atom. The summed E-state index contributed by atoms with van der Waals surface area (Å²) >= 11 is 9.67. The number of anilines is 2. The van der Waals surface area contributed by atoms with Crippen LogP contribution in [-0.4, -0.2) is 9.97 Å². The first-order valence-corrected chi connectivity index (χ1v) is 9.88. The molecule has 0 saturated heterocycles. The smallest absolute Gasteiger partial charge is 0.162 e. The summed E-state index contributed by atoms with van der Waals surface area (Å²) in [4.78, 5) is 9.52. The molecule has 4 rings (SSSR count). The first kappa shape index (κ1) is 18.0. The number of rotatable bonds is 4. The maximum Gasteiger partial charge on any atom is 0.162 e. The van der Waals surface area contributed by atoms with E-state index in [0.29, 0.717) is 10.8 Å². The van der Waals surface area contributed by atoms with Crippen LogP contribution in [0, 0.1) is 0 Å².